The van der Waals surface area contributed by atoms with E-state index in [1.54, 1.807) is 0 Å². The summed E-state index contributed by atoms with van der Waals surface area (Å²) in [5.41, 5.74) is -0.690. The first-order valence-electron chi connectivity index (χ1n) is 7.47. The molecule has 0 spiro atoms. The van der Waals surface area contributed by atoms with Crippen LogP contribution in [0, 0.1) is 0 Å². The average molecular weight is 320 g/mol. The minimum atomic E-state index is -2.83. The Bertz CT molecular complexity index is 436. The van der Waals surface area contributed by atoms with E-state index in [2.05, 4.69) is 10.2 Å². The number of sulfone groups is 1. The number of rotatable bonds is 7. The predicted octanol–water partition coefficient (Wildman–Crippen LogP) is 0.427. The van der Waals surface area contributed by atoms with E-state index < -0.39 is 15.4 Å². The van der Waals surface area contributed by atoms with Gasteiger partial charge in [0.25, 0.3) is 0 Å². The molecule has 1 aliphatic rings. The van der Waals surface area contributed by atoms with Gasteiger partial charge >= 0.3 is 5.97 Å². The third-order valence-electron chi connectivity index (χ3n) is 3.83. The summed E-state index contributed by atoms with van der Waals surface area (Å²) in [4.78, 5) is 14.1. The van der Waals surface area contributed by atoms with E-state index in [4.69, 9.17) is 4.74 Å². The highest BCUT2D eigenvalue weighted by molar-refractivity contribution is 7.91. The maximum absolute atomic E-state index is 12.0. The summed E-state index contributed by atoms with van der Waals surface area (Å²) in [6.45, 7) is 7.85. The molecule has 1 saturated heterocycles. The lowest BCUT2D eigenvalue weighted by atomic mass is 9.94. The molecule has 0 bridgehead atoms. The number of hydrogen-bond acceptors (Lipinski definition) is 6. The molecule has 1 N–H and O–H groups in total. The topological polar surface area (TPSA) is 75.7 Å². The Morgan fingerprint density at radius 2 is 1.90 bits per heavy atom. The Morgan fingerprint density at radius 3 is 2.38 bits per heavy atom. The van der Waals surface area contributed by atoms with E-state index in [0.29, 0.717) is 19.5 Å². The highest BCUT2D eigenvalue weighted by Crippen LogP contribution is 2.17. The van der Waals surface area contributed by atoms with Gasteiger partial charge in [0.15, 0.2) is 9.84 Å². The third-order valence-corrected chi connectivity index (χ3v) is 5.44. The van der Waals surface area contributed by atoms with Crippen LogP contribution in [0.25, 0.3) is 0 Å². The molecule has 0 aliphatic carbocycles. The number of ether oxygens (including phenoxy) is 1. The van der Waals surface area contributed by atoms with Crippen LogP contribution in [0.4, 0.5) is 0 Å². The zero-order chi connectivity index (χ0) is 16.1. The van der Waals surface area contributed by atoms with Gasteiger partial charge in [0, 0.05) is 19.1 Å². The molecule has 0 saturated carbocycles. The Hall–Kier alpha value is -0.660. The monoisotopic (exact) mass is 320 g/mol. The van der Waals surface area contributed by atoms with Crippen LogP contribution in [0.1, 0.15) is 33.6 Å². The van der Waals surface area contributed by atoms with Gasteiger partial charge in [-0.15, -0.1) is 0 Å². The van der Waals surface area contributed by atoms with Gasteiger partial charge in [-0.1, -0.05) is 0 Å². The van der Waals surface area contributed by atoms with Crippen LogP contribution in [-0.2, 0) is 19.4 Å². The van der Waals surface area contributed by atoms with E-state index in [0.717, 1.165) is 13.0 Å². The second-order valence-corrected chi connectivity index (χ2v) is 8.52. The molecular weight excluding hydrogens is 292 g/mol. The zero-order valence-electron chi connectivity index (χ0n) is 13.5. The van der Waals surface area contributed by atoms with Gasteiger partial charge < -0.3 is 9.64 Å². The second kappa shape index (κ2) is 7.56. The van der Waals surface area contributed by atoms with Crippen molar-refractivity contribution in [2.24, 2.45) is 0 Å². The van der Waals surface area contributed by atoms with Crippen LogP contribution in [0.2, 0.25) is 0 Å². The van der Waals surface area contributed by atoms with Crippen molar-refractivity contribution in [1.82, 2.24) is 10.2 Å². The number of carbonyl (C=O) groups excluding carboxylic acids is 1. The molecule has 0 aromatic heterocycles. The van der Waals surface area contributed by atoms with Crippen molar-refractivity contribution in [2.45, 2.75) is 45.2 Å². The van der Waals surface area contributed by atoms with Crippen molar-refractivity contribution in [1.29, 1.82) is 0 Å². The van der Waals surface area contributed by atoms with Gasteiger partial charge in [0.1, 0.15) is 5.54 Å². The quantitative estimate of drug-likeness (QED) is 0.686. The molecule has 1 rings (SSSR count). The summed E-state index contributed by atoms with van der Waals surface area (Å²) in [5, 5.41) is 3.27. The van der Waals surface area contributed by atoms with Crippen LogP contribution in [0.15, 0.2) is 0 Å². The van der Waals surface area contributed by atoms with Gasteiger partial charge in [0.2, 0.25) is 0 Å². The van der Waals surface area contributed by atoms with E-state index >= 15 is 0 Å². The van der Waals surface area contributed by atoms with E-state index in [9.17, 15) is 13.2 Å². The van der Waals surface area contributed by atoms with Crippen molar-refractivity contribution in [3.63, 3.8) is 0 Å². The van der Waals surface area contributed by atoms with Crippen molar-refractivity contribution >= 4 is 15.8 Å². The van der Waals surface area contributed by atoms with Crippen LogP contribution in [0.5, 0.6) is 0 Å². The first-order valence-corrected chi connectivity index (χ1v) is 9.29. The fourth-order valence-corrected chi connectivity index (χ4v) is 4.00. The summed E-state index contributed by atoms with van der Waals surface area (Å²) in [5.74, 6) is 0.231. The molecule has 1 atom stereocenters. The minimum Gasteiger partial charge on any atom is -0.468 e. The van der Waals surface area contributed by atoms with Gasteiger partial charge in [0.05, 0.1) is 18.6 Å². The summed E-state index contributed by atoms with van der Waals surface area (Å²) in [7, 11) is -1.43. The lowest BCUT2D eigenvalue weighted by molar-refractivity contribution is -0.148. The lowest BCUT2D eigenvalue weighted by Crippen LogP contribution is -2.53. The Balaban J connectivity index is 2.45. The first-order chi connectivity index (χ1) is 9.68. The summed E-state index contributed by atoms with van der Waals surface area (Å²) in [6, 6.07) is 0.189. The van der Waals surface area contributed by atoms with Crippen LogP contribution >= 0.6 is 0 Å². The smallest absolute Gasteiger partial charge is 0.325 e. The number of methoxy groups -OCH3 is 1. The van der Waals surface area contributed by atoms with Gasteiger partial charge in [-0.3, -0.25) is 10.1 Å². The number of esters is 1. The largest absolute Gasteiger partial charge is 0.468 e. The number of carbonyl (C=O) groups is 1. The predicted molar refractivity (Wildman–Crippen MR) is 83.0 cm³/mol. The van der Waals surface area contributed by atoms with Crippen molar-refractivity contribution in [3.8, 4) is 0 Å². The van der Waals surface area contributed by atoms with E-state index in [1.807, 2.05) is 20.8 Å². The fraction of sp³-hybridized carbons (Fsp3) is 0.929. The summed E-state index contributed by atoms with van der Waals surface area (Å²) >= 11 is 0. The molecule has 6 nitrogen and oxygen atoms in total. The van der Waals surface area contributed by atoms with Crippen LogP contribution < -0.4 is 5.32 Å². The molecular formula is C14H28N2O4S. The molecule has 1 heterocycles. The standard InChI is InChI=1S/C14H28N2O4S/c1-12(2)15-14(3,13(17)20-4)6-5-7-16-8-10-21(18,19)11-9-16/h12,15H,5-11H2,1-4H3. The SMILES string of the molecule is COC(=O)C(C)(CCCN1CCS(=O)(=O)CC1)NC(C)C. The van der Waals surface area contributed by atoms with E-state index in [1.165, 1.54) is 7.11 Å². The molecule has 1 unspecified atom stereocenters. The maximum atomic E-state index is 12.0. The lowest BCUT2D eigenvalue weighted by Gasteiger charge is -2.32. The van der Waals surface area contributed by atoms with Crippen LogP contribution in [0.3, 0.4) is 0 Å². The van der Waals surface area contributed by atoms with Crippen molar-refractivity contribution in [2.75, 3.05) is 38.2 Å². The Labute approximate surface area is 128 Å². The summed E-state index contributed by atoms with van der Waals surface area (Å²) in [6.07, 6.45) is 1.49. The van der Waals surface area contributed by atoms with Crippen molar-refractivity contribution in [3.05, 3.63) is 0 Å². The van der Waals surface area contributed by atoms with Crippen LogP contribution in [-0.4, -0.2) is 69.1 Å². The molecule has 0 aromatic carbocycles. The van der Waals surface area contributed by atoms with Gasteiger partial charge in [-0.25, -0.2) is 8.42 Å². The molecule has 0 amide bonds. The molecule has 7 heteroatoms. The highest BCUT2D eigenvalue weighted by Gasteiger charge is 2.34. The zero-order valence-corrected chi connectivity index (χ0v) is 14.3. The molecule has 1 aliphatic heterocycles. The Morgan fingerprint density at radius 1 is 1.33 bits per heavy atom. The third kappa shape index (κ3) is 5.92. The maximum Gasteiger partial charge on any atom is 0.325 e. The van der Waals surface area contributed by atoms with Gasteiger partial charge in [-0.05, 0) is 40.2 Å². The fourth-order valence-electron chi connectivity index (χ4n) is 2.73. The average Bonchev–Trinajstić information content (AvgIpc) is 2.39. The van der Waals surface area contributed by atoms with Gasteiger partial charge in [-0.2, -0.15) is 0 Å². The molecule has 21 heavy (non-hydrogen) atoms. The second-order valence-electron chi connectivity index (χ2n) is 6.22. The summed E-state index contributed by atoms with van der Waals surface area (Å²) < 4.78 is 27.7. The molecule has 0 radical (unpaired) electrons. The van der Waals surface area contributed by atoms with Crippen molar-refractivity contribution < 1.29 is 17.9 Å². The first kappa shape index (κ1) is 18.4. The highest BCUT2D eigenvalue weighted by atomic mass is 32.2. The molecule has 124 valence electrons. The van der Waals surface area contributed by atoms with E-state index in [-0.39, 0.29) is 23.5 Å². The normalized spacial score (nSPS) is 22.0. The minimum absolute atomic E-state index is 0.189. The number of nitrogens with zero attached hydrogens (tertiary/aromatic N) is 1. The number of nitrogens with one attached hydrogen (secondary N) is 1. The molecule has 0 aromatic rings. The molecule has 1 fully saturated rings. The Kier molecular flexibility index (Phi) is 6.62. The number of hydrogen-bond donors (Lipinski definition) is 1.